The summed E-state index contributed by atoms with van der Waals surface area (Å²) in [6.07, 6.45) is 6.88. The molecule has 2 aliphatic rings. The molecule has 0 unspecified atom stereocenters. The van der Waals surface area contributed by atoms with Gasteiger partial charge in [-0.2, -0.15) is 9.40 Å². The van der Waals surface area contributed by atoms with Gasteiger partial charge in [-0.3, -0.25) is 5.10 Å². The Labute approximate surface area is 126 Å². The molecular formula is C13H14N4O2S2. The number of hydrogen-bond acceptors (Lipinski definition) is 5. The fourth-order valence-electron chi connectivity index (χ4n) is 2.84. The Morgan fingerprint density at radius 2 is 2.24 bits per heavy atom. The monoisotopic (exact) mass is 322 g/mol. The van der Waals surface area contributed by atoms with Gasteiger partial charge in [-0.25, -0.2) is 13.4 Å². The Balaban J connectivity index is 1.71. The van der Waals surface area contributed by atoms with Crippen molar-refractivity contribution in [3.63, 3.8) is 0 Å². The summed E-state index contributed by atoms with van der Waals surface area (Å²) in [5.74, 6) is 0.857. The maximum absolute atomic E-state index is 12.6. The number of thioether (sulfide) groups is 1. The van der Waals surface area contributed by atoms with E-state index in [9.17, 15) is 8.42 Å². The summed E-state index contributed by atoms with van der Waals surface area (Å²) in [7, 11) is -3.34. The van der Waals surface area contributed by atoms with Crippen molar-refractivity contribution in [1.82, 2.24) is 19.5 Å². The quantitative estimate of drug-likeness (QED) is 0.909. The van der Waals surface area contributed by atoms with E-state index in [2.05, 4.69) is 15.2 Å². The fraction of sp³-hybridized carbons (Fsp3) is 0.385. The lowest BCUT2D eigenvalue weighted by Crippen LogP contribution is -2.36. The second-order valence-electron chi connectivity index (χ2n) is 5.14. The van der Waals surface area contributed by atoms with E-state index in [1.54, 1.807) is 16.7 Å². The third-order valence-electron chi connectivity index (χ3n) is 3.91. The van der Waals surface area contributed by atoms with E-state index in [1.165, 1.54) is 11.8 Å². The van der Waals surface area contributed by atoms with Gasteiger partial charge in [-0.15, -0.1) is 11.8 Å². The van der Waals surface area contributed by atoms with E-state index in [1.807, 2.05) is 6.08 Å². The van der Waals surface area contributed by atoms with E-state index < -0.39 is 10.0 Å². The molecule has 8 heteroatoms. The summed E-state index contributed by atoms with van der Waals surface area (Å²) < 4.78 is 27.3. The van der Waals surface area contributed by atoms with Crippen LogP contribution in [0, 0.1) is 0 Å². The molecule has 0 spiro atoms. The van der Waals surface area contributed by atoms with E-state index in [-0.39, 0.29) is 0 Å². The molecule has 0 amide bonds. The molecule has 6 nitrogen and oxygen atoms in total. The Morgan fingerprint density at radius 3 is 3.05 bits per heavy atom. The van der Waals surface area contributed by atoms with Crippen molar-refractivity contribution >= 4 is 32.8 Å². The zero-order valence-corrected chi connectivity index (χ0v) is 12.9. The number of fused-ring (bicyclic) bond motifs is 3. The summed E-state index contributed by atoms with van der Waals surface area (Å²) in [6, 6.07) is 0. The molecule has 1 N–H and O–H groups in total. The number of H-pyrrole nitrogens is 1. The first-order valence-electron chi connectivity index (χ1n) is 6.79. The first kappa shape index (κ1) is 13.3. The molecule has 2 aliphatic heterocycles. The van der Waals surface area contributed by atoms with Crippen molar-refractivity contribution < 1.29 is 8.42 Å². The average molecular weight is 322 g/mol. The van der Waals surface area contributed by atoms with Gasteiger partial charge in [-0.05, 0) is 24.0 Å². The maximum Gasteiger partial charge on any atom is 0.249 e. The Morgan fingerprint density at radius 1 is 1.33 bits per heavy atom. The number of hydrogen-bond donors (Lipinski definition) is 1. The van der Waals surface area contributed by atoms with Crippen LogP contribution in [0.15, 0.2) is 22.7 Å². The number of pyridine rings is 1. The molecule has 0 saturated carbocycles. The number of aromatic amines is 1. The number of nitrogens with zero attached hydrogens (tertiary/aromatic N) is 3. The summed E-state index contributed by atoms with van der Waals surface area (Å²) >= 11 is 1.43. The Hall–Kier alpha value is -1.38. The molecule has 4 rings (SSSR count). The van der Waals surface area contributed by atoms with Gasteiger partial charge in [0.05, 0.1) is 6.20 Å². The van der Waals surface area contributed by atoms with E-state index in [4.69, 9.17) is 0 Å². The first-order chi connectivity index (χ1) is 10.2. The van der Waals surface area contributed by atoms with Crippen LogP contribution >= 0.6 is 11.8 Å². The number of nitrogens with one attached hydrogen (secondary N) is 1. The summed E-state index contributed by atoms with van der Waals surface area (Å²) in [5, 5.41) is 7.86. The Bertz CT molecular complexity index is 841. The van der Waals surface area contributed by atoms with Crippen molar-refractivity contribution in [2.45, 2.75) is 19.4 Å². The van der Waals surface area contributed by atoms with Crippen LogP contribution in [0.3, 0.4) is 0 Å². The third kappa shape index (κ3) is 2.09. The molecule has 0 fully saturated rings. The lowest BCUT2D eigenvalue weighted by atomic mass is 10.0. The van der Waals surface area contributed by atoms with Crippen LogP contribution in [-0.4, -0.2) is 40.2 Å². The van der Waals surface area contributed by atoms with Gasteiger partial charge < -0.3 is 0 Å². The molecular weight excluding hydrogens is 308 g/mol. The van der Waals surface area contributed by atoms with Crippen LogP contribution in [0.25, 0.3) is 11.0 Å². The zero-order chi connectivity index (χ0) is 14.4. The molecule has 21 heavy (non-hydrogen) atoms. The van der Waals surface area contributed by atoms with Crippen LogP contribution < -0.4 is 0 Å². The van der Waals surface area contributed by atoms with Crippen LogP contribution in [0.2, 0.25) is 0 Å². The molecule has 2 aromatic rings. The molecule has 0 bridgehead atoms. The van der Waals surface area contributed by atoms with Crippen molar-refractivity contribution in [3.05, 3.63) is 33.8 Å². The largest absolute Gasteiger partial charge is 0.261 e. The van der Waals surface area contributed by atoms with E-state index in [0.29, 0.717) is 23.7 Å². The fourth-order valence-corrected chi connectivity index (χ4v) is 5.89. The van der Waals surface area contributed by atoms with E-state index in [0.717, 1.165) is 34.3 Å². The van der Waals surface area contributed by atoms with Gasteiger partial charge in [0.2, 0.25) is 10.0 Å². The highest BCUT2D eigenvalue weighted by atomic mass is 32.3. The van der Waals surface area contributed by atoms with E-state index >= 15 is 0 Å². The molecule has 110 valence electrons. The van der Waals surface area contributed by atoms with Gasteiger partial charge in [0.15, 0.2) is 5.65 Å². The smallest absolute Gasteiger partial charge is 0.249 e. The zero-order valence-electron chi connectivity index (χ0n) is 11.2. The summed E-state index contributed by atoms with van der Waals surface area (Å²) in [5.41, 5.74) is 2.90. The molecule has 0 saturated heterocycles. The summed E-state index contributed by atoms with van der Waals surface area (Å²) in [6.45, 7) is 0.904. The first-order valence-corrected chi connectivity index (χ1v) is 9.22. The predicted octanol–water partition coefficient (Wildman–Crippen LogP) is 1.62. The second kappa shape index (κ2) is 4.82. The van der Waals surface area contributed by atoms with Gasteiger partial charge in [0.1, 0.15) is 4.24 Å². The minimum atomic E-state index is -3.34. The molecule has 4 heterocycles. The van der Waals surface area contributed by atoms with Crippen LogP contribution in [0.1, 0.15) is 17.5 Å². The molecule has 0 radical (unpaired) electrons. The molecule has 0 atom stereocenters. The van der Waals surface area contributed by atoms with Gasteiger partial charge in [-0.1, -0.05) is 6.08 Å². The van der Waals surface area contributed by atoms with Crippen LogP contribution in [0.4, 0.5) is 0 Å². The molecule has 2 aromatic heterocycles. The van der Waals surface area contributed by atoms with Crippen molar-refractivity contribution in [3.8, 4) is 0 Å². The number of sulfonamides is 1. The highest BCUT2D eigenvalue weighted by molar-refractivity contribution is 8.18. The van der Waals surface area contributed by atoms with Crippen molar-refractivity contribution in [1.29, 1.82) is 0 Å². The SMILES string of the molecule is O=S(=O)(C1=CCCS1)N1CCc2c(cnc3[nH]ncc23)C1. The number of allylic oxidation sites excluding steroid dienone is 1. The highest BCUT2D eigenvalue weighted by Crippen LogP contribution is 2.34. The minimum absolute atomic E-state index is 0.393. The highest BCUT2D eigenvalue weighted by Gasteiger charge is 2.32. The second-order valence-corrected chi connectivity index (χ2v) is 8.44. The van der Waals surface area contributed by atoms with Crippen LogP contribution in [0.5, 0.6) is 0 Å². The number of rotatable bonds is 2. The lowest BCUT2D eigenvalue weighted by Gasteiger charge is -2.28. The average Bonchev–Trinajstić information content (AvgIpc) is 3.17. The maximum atomic E-state index is 12.6. The number of aromatic nitrogens is 3. The lowest BCUT2D eigenvalue weighted by molar-refractivity contribution is 0.397. The van der Waals surface area contributed by atoms with Gasteiger partial charge >= 0.3 is 0 Å². The van der Waals surface area contributed by atoms with Crippen molar-refractivity contribution in [2.75, 3.05) is 12.3 Å². The third-order valence-corrected chi connectivity index (χ3v) is 7.45. The Kier molecular flexibility index (Phi) is 3.05. The standard InChI is InChI=1S/C13H14N4O2S2/c18-21(19,12-2-1-5-20-12)17-4-3-10-9(8-17)6-14-13-11(10)7-15-16-13/h2,6-7H,1,3-5,8H2,(H,14,15,16). The van der Waals surface area contributed by atoms with Gasteiger partial charge in [0, 0.05) is 30.4 Å². The minimum Gasteiger partial charge on any atom is -0.261 e. The topological polar surface area (TPSA) is 79.0 Å². The predicted molar refractivity (Wildman–Crippen MR) is 82.1 cm³/mol. The molecule has 0 aromatic carbocycles. The normalized spacial score (nSPS) is 19.7. The van der Waals surface area contributed by atoms with Gasteiger partial charge in [0.25, 0.3) is 0 Å². The van der Waals surface area contributed by atoms with Crippen molar-refractivity contribution in [2.24, 2.45) is 0 Å². The van der Waals surface area contributed by atoms with Crippen LogP contribution in [-0.2, 0) is 23.0 Å². The summed E-state index contributed by atoms with van der Waals surface area (Å²) in [4.78, 5) is 4.31. The molecule has 0 aliphatic carbocycles.